The first-order valence-corrected chi connectivity index (χ1v) is 6.46. The van der Waals surface area contributed by atoms with Gasteiger partial charge in [0.1, 0.15) is 5.82 Å². The molecule has 1 fully saturated rings. The molecule has 0 spiro atoms. The Hall–Kier alpha value is -0.870. The number of aromatic amines is 1. The highest BCUT2D eigenvalue weighted by Gasteiger charge is 2.32. The minimum atomic E-state index is -0.422. The van der Waals surface area contributed by atoms with Crippen molar-refractivity contribution >= 4 is 12.4 Å². The number of halogens is 1. The summed E-state index contributed by atoms with van der Waals surface area (Å²) in [5.41, 5.74) is 7.52. The van der Waals surface area contributed by atoms with Crippen molar-refractivity contribution in [2.75, 3.05) is 0 Å². The molecule has 0 saturated heterocycles. The first-order chi connectivity index (χ1) is 8.07. The van der Waals surface area contributed by atoms with Crippen molar-refractivity contribution in [1.82, 2.24) is 9.97 Å². The van der Waals surface area contributed by atoms with E-state index in [1.807, 2.05) is 13.8 Å². The SMILES string of the molecule is CCc1c(C)nc(C2(N)CCCCC2)[nH]c1=O.Cl. The second-order valence-electron chi connectivity index (χ2n) is 5.05. The molecule has 0 atom stereocenters. The van der Waals surface area contributed by atoms with Crippen LogP contribution in [-0.4, -0.2) is 9.97 Å². The Morgan fingerprint density at radius 3 is 2.44 bits per heavy atom. The van der Waals surface area contributed by atoms with E-state index in [0.717, 1.165) is 36.9 Å². The largest absolute Gasteiger partial charge is 0.319 e. The van der Waals surface area contributed by atoms with Crippen LogP contribution in [0, 0.1) is 6.92 Å². The highest BCUT2D eigenvalue weighted by atomic mass is 35.5. The van der Waals surface area contributed by atoms with E-state index >= 15 is 0 Å². The molecule has 0 amide bonds. The molecule has 0 bridgehead atoms. The third kappa shape index (κ3) is 2.75. The van der Waals surface area contributed by atoms with Crippen LogP contribution in [0.25, 0.3) is 0 Å². The van der Waals surface area contributed by atoms with Crippen LogP contribution < -0.4 is 11.3 Å². The zero-order valence-electron chi connectivity index (χ0n) is 11.1. The summed E-state index contributed by atoms with van der Waals surface area (Å²) in [5.74, 6) is 0.678. The highest BCUT2D eigenvalue weighted by molar-refractivity contribution is 5.85. The van der Waals surface area contributed by atoms with E-state index in [9.17, 15) is 4.79 Å². The summed E-state index contributed by atoms with van der Waals surface area (Å²) in [6.07, 6.45) is 6.02. The summed E-state index contributed by atoms with van der Waals surface area (Å²) in [6, 6.07) is 0. The third-order valence-corrected chi connectivity index (χ3v) is 3.79. The predicted octanol–water partition coefficient (Wildman–Crippen LogP) is 2.18. The van der Waals surface area contributed by atoms with Crippen LogP contribution in [0.15, 0.2) is 4.79 Å². The lowest BCUT2D eigenvalue weighted by Crippen LogP contribution is -2.42. The van der Waals surface area contributed by atoms with Gasteiger partial charge in [-0.1, -0.05) is 26.2 Å². The van der Waals surface area contributed by atoms with Gasteiger partial charge in [0, 0.05) is 11.3 Å². The van der Waals surface area contributed by atoms with E-state index in [1.165, 1.54) is 6.42 Å². The van der Waals surface area contributed by atoms with E-state index in [1.54, 1.807) is 0 Å². The zero-order chi connectivity index (χ0) is 12.5. The van der Waals surface area contributed by atoms with Gasteiger partial charge in [0.2, 0.25) is 0 Å². The molecule has 1 aliphatic carbocycles. The number of aromatic nitrogens is 2. The average Bonchev–Trinajstić information content (AvgIpc) is 2.29. The standard InChI is InChI=1S/C13H21N3O.ClH/c1-3-10-9(2)15-12(16-11(10)17)13(14)7-5-4-6-8-13;/h3-8,14H2,1-2H3,(H,15,16,17);1H. The molecule has 5 heteroatoms. The maximum Gasteiger partial charge on any atom is 0.254 e. The van der Waals surface area contributed by atoms with Crippen molar-refractivity contribution < 1.29 is 0 Å². The van der Waals surface area contributed by atoms with Gasteiger partial charge in [-0.15, -0.1) is 12.4 Å². The first-order valence-electron chi connectivity index (χ1n) is 6.46. The molecular weight excluding hydrogens is 250 g/mol. The number of nitrogens with one attached hydrogen (secondary N) is 1. The van der Waals surface area contributed by atoms with Crippen LogP contribution in [0.4, 0.5) is 0 Å². The second kappa shape index (κ2) is 5.85. The van der Waals surface area contributed by atoms with Gasteiger partial charge in [-0.2, -0.15) is 0 Å². The van der Waals surface area contributed by atoms with Gasteiger partial charge in [0.25, 0.3) is 5.56 Å². The molecule has 1 aromatic heterocycles. The van der Waals surface area contributed by atoms with E-state index in [-0.39, 0.29) is 18.0 Å². The zero-order valence-corrected chi connectivity index (χ0v) is 11.9. The molecule has 0 aliphatic heterocycles. The number of rotatable bonds is 2. The maximum atomic E-state index is 11.9. The molecule has 2 rings (SSSR count). The van der Waals surface area contributed by atoms with E-state index < -0.39 is 5.54 Å². The number of nitrogens with two attached hydrogens (primary N) is 1. The van der Waals surface area contributed by atoms with Gasteiger partial charge in [-0.25, -0.2) is 4.98 Å². The number of nitrogens with zero attached hydrogens (tertiary/aromatic N) is 1. The summed E-state index contributed by atoms with van der Waals surface area (Å²) >= 11 is 0. The van der Waals surface area contributed by atoms with Crippen molar-refractivity contribution in [2.24, 2.45) is 5.73 Å². The summed E-state index contributed by atoms with van der Waals surface area (Å²) < 4.78 is 0. The van der Waals surface area contributed by atoms with Crippen molar-refractivity contribution in [3.05, 3.63) is 27.4 Å². The van der Waals surface area contributed by atoms with E-state index in [2.05, 4.69) is 9.97 Å². The topological polar surface area (TPSA) is 71.8 Å². The number of hydrogen-bond acceptors (Lipinski definition) is 3. The maximum absolute atomic E-state index is 11.9. The molecule has 3 N–H and O–H groups in total. The summed E-state index contributed by atoms with van der Waals surface area (Å²) in [6.45, 7) is 3.86. The van der Waals surface area contributed by atoms with Crippen molar-refractivity contribution in [2.45, 2.75) is 57.9 Å². The van der Waals surface area contributed by atoms with Crippen LogP contribution in [0.2, 0.25) is 0 Å². The highest BCUT2D eigenvalue weighted by Crippen LogP contribution is 2.32. The monoisotopic (exact) mass is 271 g/mol. The summed E-state index contributed by atoms with van der Waals surface area (Å²) in [5, 5.41) is 0. The van der Waals surface area contributed by atoms with Crippen LogP contribution in [-0.2, 0) is 12.0 Å². The van der Waals surface area contributed by atoms with Crippen LogP contribution >= 0.6 is 12.4 Å². The van der Waals surface area contributed by atoms with E-state index in [4.69, 9.17) is 5.73 Å². The van der Waals surface area contributed by atoms with Gasteiger partial charge in [0.05, 0.1) is 5.54 Å². The van der Waals surface area contributed by atoms with Crippen molar-refractivity contribution in [1.29, 1.82) is 0 Å². The molecule has 0 unspecified atom stereocenters. The Labute approximate surface area is 114 Å². The van der Waals surface area contributed by atoms with Crippen LogP contribution in [0.1, 0.15) is 56.1 Å². The summed E-state index contributed by atoms with van der Waals surface area (Å²) in [4.78, 5) is 19.3. The molecule has 18 heavy (non-hydrogen) atoms. The fourth-order valence-electron chi connectivity index (χ4n) is 2.68. The lowest BCUT2D eigenvalue weighted by Gasteiger charge is -2.32. The van der Waals surface area contributed by atoms with Gasteiger partial charge < -0.3 is 10.7 Å². The average molecular weight is 272 g/mol. The van der Waals surface area contributed by atoms with E-state index in [0.29, 0.717) is 12.2 Å². The molecule has 1 aromatic rings. The molecule has 1 heterocycles. The van der Waals surface area contributed by atoms with Gasteiger partial charge in [-0.05, 0) is 26.2 Å². The minimum Gasteiger partial charge on any atom is -0.319 e. The Kier molecular flexibility index (Phi) is 4.93. The summed E-state index contributed by atoms with van der Waals surface area (Å²) in [7, 11) is 0. The number of hydrogen-bond donors (Lipinski definition) is 2. The molecule has 0 radical (unpaired) electrons. The van der Waals surface area contributed by atoms with Crippen LogP contribution in [0.5, 0.6) is 0 Å². The smallest absolute Gasteiger partial charge is 0.254 e. The van der Waals surface area contributed by atoms with Crippen molar-refractivity contribution in [3.8, 4) is 0 Å². The van der Waals surface area contributed by atoms with Gasteiger partial charge in [-0.3, -0.25) is 4.79 Å². The number of aryl methyl sites for hydroxylation is 1. The van der Waals surface area contributed by atoms with Crippen LogP contribution in [0.3, 0.4) is 0 Å². The predicted molar refractivity (Wildman–Crippen MR) is 75.2 cm³/mol. The molecule has 102 valence electrons. The molecular formula is C13H22ClN3O. The fraction of sp³-hybridized carbons (Fsp3) is 0.692. The molecule has 0 aromatic carbocycles. The molecule has 4 nitrogen and oxygen atoms in total. The van der Waals surface area contributed by atoms with Gasteiger partial charge in [0.15, 0.2) is 0 Å². The molecule has 1 saturated carbocycles. The molecule has 1 aliphatic rings. The first kappa shape index (κ1) is 15.2. The lowest BCUT2D eigenvalue weighted by atomic mass is 9.82. The number of H-pyrrole nitrogens is 1. The minimum absolute atomic E-state index is 0. The van der Waals surface area contributed by atoms with Crippen molar-refractivity contribution in [3.63, 3.8) is 0 Å². The normalized spacial score (nSPS) is 18.2. The Morgan fingerprint density at radius 2 is 1.94 bits per heavy atom. The third-order valence-electron chi connectivity index (χ3n) is 3.79. The second-order valence-corrected chi connectivity index (χ2v) is 5.05. The quantitative estimate of drug-likeness (QED) is 0.866. The Bertz CT molecular complexity index is 464. The van der Waals surface area contributed by atoms with Gasteiger partial charge >= 0.3 is 0 Å². The lowest BCUT2D eigenvalue weighted by molar-refractivity contribution is 0.285. The Morgan fingerprint density at radius 1 is 1.33 bits per heavy atom. The fourth-order valence-corrected chi connectivity index (χ4v) is 2.68. The Balaban J connectivity index is 0.00000162.